The van der Waals surface area contributed by atoms with Crippen molar-refractivity contribution in [3.05, 3.63) is 99.9 Å². The number of anilines is 2. The number of esters is 1. The number of nitrogens with zero attached hydrogens (tertiary/aromatic N) is 1. The van der Waals surface area contributed by atoms with Crippen LogP contribution in [0.2, 0.25) is 0 Å². The van der Waals surface area contributed by atoms with Gasteiger partial charge in [-0.1, -0.05) is 36.4 Å². The molecular weight excluding hydrogens is 679 g/mol. The van der Waals surface area contributed by atoms with Crippen molar-refractivity contribution in [2.45, 2.75) is 49.5 Å². The topological polar surface area (TPSA) is 132 Å². The minimum Gasteiger partial charge on any atom is -0.493 e. The van der Waals surface area contributed by atoms with Gasteiger partial charge in [0.1, 0.15) is 15.9 Å². The molecule has 2 heterocycles. The zero-order valence-electron chi connectivity index (χ0n) is 28.7. The SMILES string of the molecule is COC(=O)c1c(NC(=O)C(Sc2cccc(NC(=O)c3ccc(OC)c(OC)c3)c2)c2ccccc2)sc2c1CCN(C(=O)OC(C)(C)C)C2. The predicted octanol–water partition coefficient (Wildman–Crippen LogP) is 7.57. The summed E-state index contributed by atoms with van der Waals surface area (Å²) in [7, 11) is 4.33. The number of carbonyl (C=O) groups excluding carboxylic acids is 4. The van der Waals surface area contributed by atoms with Gasteiger partial charge in [0.05, 0.1) is 33.4 Å². The lowest BCUT2D eigenvalue weighted by molar-refractivity contribution is -0.115. The van der Waals surface area contributed by atoms with Crippen LogP contribution in [0.15, 0.2) is 77.7 Å². The first kappa shape index (κ1) is 36.3. The number of carbonyl (C=O) groups is 4. The summed E-state index contributed by atoms with van der Waals surface area (Å²) in [6.07, 6.45) is -0.0335. The van der Waals surface area contributed by atoms with Crippen LogP contribution in [0.25, 0.3) is 0 Å². The number of hydrogen-bond acceptors (Lipinski definition) is 10. The number of ether oxygens (including phenoxy) is 4. The van der Waals surface area contributed by atoms with Crippen LogP contribution in [0.5, 0.6) is 11.5 Å². The molecule has 262 valence electrons. The van der Waals surface area contributed by atoms with Crippen molar-refractivity contribution in [3.63, 3.8) is 0 Å². The number of hydrogen-bond donors (Lipinski definition) is 2. The number of amides is 3. The summed E-state index contributed by atoms with van der Waals surface area (Å²) in [6.45, 7) is 6.02. The van der Waals surface area contributed by atoms with E-state index < -0.39 is 22.9 Å². The van der Waals surface area contributed by atoms with Crippen LogP contribution in [-0.2, 0) is 27.2 Å². The number of fused-ring (bicyclic) bond motifs is 1. The fraction of sp³-hybridized carbons (Fsp3) is 0.297. The molecule has 4 aromatic rings. The van der Waals surface area contributed by atoms with Gasteiger partial charge in [-0.25, -0.2) is 9.59 Å². The number of methoxy groups -OCH3 is 3. The third-order valence-corrected chi connectivity index (χ3v) is 10.0. The largest absolute Gasteiger partial charge is 0.493 e. The third kappa shape index (κ3) is 8.58. The minimum atomic E-state index is -0.726. The zero-order valence-corrected chi connectivity index (χ0v) is 30.3. The average molecular weight is 718 g/mol. The Morgan fingerprint density at radius 2 is 1.62 bits per heavy atom. The van der Waals surface area contributed by atoms with Crippen molar-refractivity contribution in [2.24, 2.45) is 0 Å². The summed E-state index contributed by atoms with van der Waals surface area (Å²) >= 11 is 2.55. The molecule has 1 aromatic heterocycles. The molecule has 0 fully saturated rings. The van der Waals surface area contributed by atoms with Gasteiger partial charge in [-0.2, -0.15) is 0 Å². The first-order chi connectivity index (χ1) is 23.9. The molecule has 50 heavy (non-hydrogen) atoms. The summed E-state index contributed by atoms with van der Waals surface area (Å²) in [5.41, 5.74) is 2.06. The molecule has 1 aliphatic heterocycles. The minimum absolute atomic E-state index is 0.244. The quantitative estimate of drug-likeness (QED) is 0.126. The van der Waals surface area contributed by atoms with E-state index in [1.165, 1.54) is 44.4 Å². The highest BCUT2D eigenvalue weighted by molar-refractivity contribution is 8.00. The van der Waals surface area contributed by atoms with E-state index in [9.17, 15) is 19.2 Å². The Balaban J connectivity index is 1.38. The molecule has 1 unspecified atom stereocenters. The van der Waals surface area contributed by atoms with Crippen molar-refractivity contribution < 1.29 is 38.1 Å². The Labute approximate surface area is 299 Å². The molecule has 2 N–H and O–H groups in total. The van der Waals surface area contributed by atoms with Gasteiger partial charge in [-0.15, -0.1) is 23.1 Å². The number of nitrogens with one attached hydrogen (secondary N) is 2. The maximum atomic E-state index is 14.1. The monoisotopic (exact) mass is 717 g/mol. The van der Waals surface area contributed by atoms with Crippen LogP contribution in [-0.4, -0.2) is 62.3 Å². The highest BCUT2D eigenvalue weighted by Crippen LogP contribution is 2.41. The molecule has 13 heteroatoms. The molecule has 5 rings (SSSR count). The molecule has 3 amide bonds. The van der Waals surface area contributed by atoms with Gasteiger partial charge in [-0.3, -0.25) is 9.59 Å². The second-order valence-corrected chi connectivity index (χ2v) is 14.6. The third-order valence-electron chi connectivity index (χ3n) is 7.67. The summed E-state index contributed by atoms with van der Waals surface area (Å²) in [5, 5.41) is 5.55. The van der Waals surface area contributed by atoms with E-state index in [2.05, 4.69) is 10.6 Å². The molecule has 0 aliphatic carbocycles. The molecule has 0 bridgehead atoms. The van der Waals surface area contributed by atoms with E-state index >= 15 is 0 Å². The highest BCUT2D eigenvalue weighted by atomic mass is 32.2. The molecule has 3 aromatic carbocycles. The Bertz CT molecular complexity index is 1890. The van der Waals surface area contributed by atoms with Crippen LogP contribution < -0.4 is 20.1 Å². The Kier molecular flexibility index (Phi) is 11.4. The van der Waals surface area contributed by atoms with Crippen LogP contribution >= 0.6 is 23.1 Å². The van der Waals surface area contributed by atoms with Crippen molar-refractivity contribution >= 4 is 57.7 Å². The Morgan fingerprint density at radius 1 is 0.880 bits per heavy atom. The summed E-state index contributed by atoms with van der Waals surface area (Å²) in [5.74, 6) is -0.313. The standard InChI is InChI=1S/C37H39N3O8S2/c1-37(2,3)48-36(44)40-18-17-26-29(21-40)50-34(30(26)35(43)47-6)39-33(42)31(22-11-8-7-9-12-22)49-25-14-10-13-24(20-25)38-32(41)23-15-16-27(45-4)28(19-23)46-5/h7-16,19-20,31H,17-18,21H2,1-6H3,(H,38,41)(H,39,42). The smallest absolute Gasteiger partial charge is 0.410 e. The average Bonchev–Trinajstić information content (AvgIpc) is 3.46. The number of thioether (sulfide) groups is 1. The summed E-state index contributed by atoms with van der Waals surface area (Å²) in [4.78, 5) is 56.2. The van der Waals surface area contributed by atoms with E-state index in [4.69, 9.17) is 18.9 Å². The van der Waals surface area contributed by atoms with Crippen molar-refractivity contribution in [3.8, 4) is 11.5 Å². The fourth-order valence-electron chi connectivity index (χ4n) is 5.33. The maximum Gasteiger partial charge on any atom is 0.410 e. The Hall–Kier alpha value is -5.01. The number of thiophene rings is 1. The van der Waals surface area contributed by atoms with Crippen LogP contribution in [0.3, 0.4) is 0 Å². The van der Waals surface area contributed by atoms with Crippen LogP contribution in [0.4, 0.5) is 15.5 Å². The summed E-state index contributed by atoms with van der Waals surface area (Å²) < 4.78 is 21.3. The van der Waals surface area contributed by atoms with Gasteiger partial charge in [0.15, 0.2) is 11.5 Å². The molecule has 0 spiro atoms. The van der Waals surface area contributed by atoms with Gasteiger partial charge < -0.3 is 34.5 Å². The zero-order chi connectivity index (χ0) is 36.0. The molecule has 1 aliphatic rings. The van der Waals surface area contributed by atoms with E-state index in [0.717, 1.165) is 20.9 Å². The number of rotatable bonds is 10. The highest BCUT2D eigenvalue weighted by Gasteiger charge is 2.33. The van der Waals surface area contributed by atoms with Crippen molar-refractivity contribution in [2.75, 3.05) is 38.5 Å². The van der Waals surface area contributed by atoms with Crippen molar-refractivity contribution in [1.29, 1.82) is 0 Å². The van der Waals surface area contributed by atoms with Gasteiger partial charge in [0, 0.05) is 27.6 Å². The fourth-order valence-corrected chi connectivity index (χ4v) is 7.67. The van der Waals surface area contributed by atoms with E-state index in [-0.39, 0.29) is 18.4 Å². The van der Waals surface area contributed by atoms with E-state index in [1.807, 2.05) is 57.2 Å². The second-order valence-electron chi connectivity index (χ2n) is 12.3. The second kappa shape index (κ2) is 15.7. The molecule has 0 radical (unpaired) electrons. The lowest BCUT2D eigenvalue weighted by Crippen LogP contribution is -2.39. The van der Waals surface area contributed by atoms with Gasteiger partial charge in [0.2, 0.25) is 5.91 Å². The normalized spacial score (nSPS) is 13.0. The molecular formula is C37H39N3O8S2. The Morgan fingerprint density at radius 3 is 2.30 bits per heavy atom. The first-order valence-electron chi connectivity index (χ1n) is 15.8. The van der Waals surface area contributed by atoms with E-state index in [0.29, 0.717) is 46.3 Å². The van der Waals surface area contributed by atoms with Crippen LogP contribution in [0.1, 0.15) is 62.7 Å². The molecule has 0 saturated carbocycles. The van der Waals surface area contributed by atoms with Gasteiger partial charge in [-0.05, 0) is 74.7 Å². The van der Waals surface area contributed by atoms with Gasteiger partial charge >= 0.3 is 12.1 Å². The van der Waals surface area contributed by atoms with Crippen LogP contribution in [0, 0.1) is 0 Å². The van der Waals surface area contributed by atoms with Crippen molar-refractivity contribution in [1.82, 2.24) is 4.90 Å². The van der Waals surface area contributed by atoms with E-state index in [1.54, 1.807) is 41.3 Å². The maximum absolute atomic E-state index is 14.1. The lowest BCUT2D eigenvalue weighted by Gasteiger charge is -2.30. The first-order valence-corrected chi connectivity index (χ1v) is 17.5. The number of benzene rings is 3. The lowest BCUT2D eigenvalue weighted by atomic mass is 10.0. The molecule has 1 atom stereocenters. The molecule has 11 nitrogen and oxygen atoms in total. The predicted molar refractivity (Wildman–Crippen MR) is 194 cm³/mol. The molecule has 0 saturated heterocycles. The summed E-state index contributed by atoms with van der Waals surface area (Å²) in [6, 6.07) is 21.4. The van der Waals surface area contributed by atoms with Gasteiger partial charge in [0.25, 0.3) is 5.91 Å².